The largest absolute Gasteiger partial charge is 0.460 e. The number of nitro groups is 1. The van der Waals surface area contributed by atoms with Gasteiger partial charge in [-0.05, 0) is 127 Å². The lowest BCUT2D eigenvalue weighted by Gasteiger charge is -2.59. The summed E-state index contributed by atoms with van der Waals surface area (Å²) >= 11 is 0. The fraction of sp³-hybridized carbons (Fsp3) is 0.345. The summed E-state index contributed by atoms with van der Waals surface area (Å²) in [4.78, 5) is 28.9. The zero-order valence-corrected chi connectivity index (χ0v) is 40.7. The second kappa shape index (κ2) is 22.6. The number of aliphatic hydroxyl groups excluding tert-OH is 2. The molecule has 0 radical (unpaired) electrons. The Labute approximate surface area is 414 Å². The molecule has 6 unspecified atom stereocenters. The molecular weight excluding hydrogens is 925 g/mol. The van der Waals surface area contributed by atoms with Gasteiger partial charge in [-0.3, -0.25) is 14.9 Å². The standard InChI is InChI=1S/C55H60N4O11S/c1-4-32-67-55-52(58(3)71(65,66)46-27-20-42(21-28-46)56-37(2)62)35-50(57-68-36-38-16-22-43(23-17-38)59(63)64)48-33-41(14-8-10-30-60)47(15-9-11-31-61)53(54(48)55)49-34-45(26-29-51(49)70-55)69-44-24-18-40(19-25-44)39-12-6-5-7-13-39/h4-7,12-13,16-29,33-34,41,47,52-54,60-61H,1,8-11,14-15,30-32,35-36H2,2-3H3,(H,56,62). The van der Waals surface area contributed by atoms with E-state index in [2.05, 4.69) is 30.1 Å². The van der Waals surface area contributed by atoms with Crippen LogP contribution < -0.4 is 14.8 Å². The number of sulfonamides is 1. The fourth-order valence-corrected chi connectivity index (χ4v) is 11.8. The topological polar surface area (TPSA) is 199 Å². The van der Waals surface area contributed by atoms with Crippen molar-refractivity contribution >= 4 is 33.0 Å². The van der Waals surface area contributed by atoms with E-state index in [1.54, 1.807) is 18.2 Å². The minimum Gasteiger partial charge on any atom is -0.460 e. The van der Waals surface area contributed by atoms with Crippen LogP contribution in [0.15, 0.2) is 156 Å². The molecule has 3 aliphatic rings. The number of hydrogen-bond donors (Lipinski definition) is 3. The van der Waals surface area contributed by atoms with Crippen molar-refractivity contribution in [2.45, 2.75) is 81.1 Å². The van der Waals surface area contributed by atoms with Gasteiger partial charge < -0.3 is 34.6 Å². The molecule has 5 aromatic rings. The third-order valence-electron chi connectivity index (χ3n) is 13.7. The Morgan fingerprint density at radius 3 is 2.25 bits per heavy atom. The number of allylic oxidation sites excluding steroid dienone is 1. The van der Waals surface area contributed by atoms with Crippen LogP contribution in [0.5, 0.6) is 17.2 Å². The van der Waals surface area contributed by atoms with Crippen LogP contribution in [0.1, 0.15) is 68.9 Å². The van der Waals surface area contributed by atoms with Gasteiger partial charge in [0.15, 0.2) is 0 Å². The van der Waals surface area contributed by atoms with Gasteiger partial charge in [0.25, 0.3) is 5.69 Å². The maximum Gasteiger partial charge on any atom is 0.269 e. The number of nitrogens with one attached hydrogen (secondary N) is 1. The number of nitrogens with zero attached hydrogens (tertiary/aromatic N) is 3. The monoisotopic (exact) mass is 984 g/mol. The highest BCUT2D eigenvalue weighted by Gasteiger charge is 2.65. The van der Waals surface area contributed by atoms with Gasteiger partial charge in [-0.1, -0.05) is 72.6 Å². The lowest BCUT2D eigenvalue weighted by atomic mass is 9.55. The van der Waals surface area contributed by atoms with E-state index in [1.165, 1.54) is 54.7 Å². The van der Waals surface area contributed by atoms with E-state index >= 15 is 0 Å². The molecule has 0 saturated heterocycles. The second-order valence-electron chi connectivity index (χ2n) is 18.2. The number of unbranched alkanes of at least 4 members (excludes halogenated alkanes) is 2. The molecule has 1 saturated carbocycles. The molecule has 2 aliphatic carbocycles. The summed E-state index contributed by atoms with van der Waals surface area (Å²) in [6, 6.07) is 34.5. The fourth-order valence-electron chi connectivity index (χ4n) is 10.4. The number of ether oxygens (including phenoxy) is 3. The number of amides is 1. The average Bonchev–Trinajstić information content (AvgIpc) is 3.37. The van der Waals surface area contributed by atoms with Gasteiger partial charge in [-0.15, -0.1) is 6.58 Å². The van der Waals surface area contributed by atoms with Gasteiger partial charge in [0.05, 0.1) is 34.1 Å². The molecule has 15 nitrogen and oxygen atoms in total. The van der Waals surface area contributed by atoms with E-state index in [0.29, 0.717) is 59.9 Å². The first-order valence-electron chi connectivity index (χ1n) is 24.0. The Kier molecular flexibility index (Phi) is 16.1. The summed E-state index contributed by atoms with van der Waals surface area (Å²) in [5.41, 5.74) is 5.21. The highest BCUT2D eigenvalue weighted by Crippen LogP contribution is 2.62. The quantitative estimate of drug-likeness (QED) is 0.0258. The number of non-ortho nitro benzene ring substituents is 1. The lowest BCUT2D eigenvalue weighted by Crippen LogP contribution is -2.69. The number of nitro benzene ring substituents is 1. The van der Waals surface area contributed by atoms with Gasteiger partial charge >= 0.3 is 0 Å². The summed E-state index contributed by atoms with van der Waals surface area (Å²) in [6.07, 6.45) is 7.82. The molecule has 6 atom stereocenters. The van der Waals surface area contributed by atoms with E-state index in [4.69, 9.17) is 24.2 Å². The molecule has 8 rings (SSSR count). The molecule has 372 valence electrons. The summed E-state index contributed by atoms with van der Waals surface area (Å²) in [5.74, 6) is -1.51. The second-order valence-corrected chi connectivity index (χ2v) is 20.2. The maximum atomic E-state index is 15.0. The first kappa shape index (κ1) is 50.7. The van der Waals surface area contributed by atoms with Crippen molar-refractivity contribution in [3.05, 3.63) is 167 Å². The summed E-state index contributed by atoms with van der Waals surface area (Å²) in [5, 5.41) is 38.9. The summed E-state index contributed by atoms with van der Waals surface area (Å²) in [7, 11) is -2.82. The van der Waals surface area contributed by atoms with Gasteiger partial charge in [-0.25, -0.2) is 8.42 Å². The van der Waals surface area contributed by atoms with Crippen LogP contribution in [0.4, 0.5) is 11.4 Å². The maximum absolute atomic E-state index is 15.0. The zero-order chi connectivity index (χ0) is 50.1. The SMILES string of the molecule is C=CCOC12Oc3ccc(Oc4ccc(-c5ccccc5)cc4)cc3C3C(CCCCO)C(CCCCO)C=C(C(=NOCc4ccc([N+](=O)[O-])cc4)CC1N(C)S(=O)(=O)c1ccc(NC(C)=O)cc1)C32. The van der Waals surface area contributed by atoms with Gasteiger partial charge in [0.1, 0.15) is 23.9 Å². The van der Waals surface area contributed by atoms with E-state index in [-0.39, 0.29) is 67.1 Å². The van der Waals surface area contributed by atoms with Crippen molar-refractivity contribution in [2.24, 2.45) is 22.9 Å². The molecule has 16 heteroatoms. The number of carbonyl (C=O) groups excluding carboxylic acids is 1. The van der Waals surface area contributed by atoms with Crippen LogP contribution in [0.2, 0.25) is 0 Å². The van der Waals surface area contributed by atoms with Crippen LogP contribution in [-0.4, -0.2) is 78.2 Å². The van der Waals surface area contributed by atoms with Crippen molar-refractivity contribution in [1.82, 2.24) is 4.31 Å². The first-order chi connectivity index (χ1) is 34.4. The molecule has 3 N–H and O–H groups in total. The van der Waals surface area contributed by atoms with E-state index in [1.807, 2.05) is 60.7 Å². The Morgan fingerprint density at radius 2 is 1.59 bits per heavy atom. The number of oxime groups is 1. The van der Waals surface area contributed by atoms with Crippen molar-refractivity contribution in [3.63, 3.8) is 0 Å². The molecule has 1 heterocycles. The van der Waals surface area contributed by atoms with Crippen molar-refractivity contribution < 1.29 is 47.4 Å². The molecule has 0 aromatic heterocycles. The van der Waals surface area contributed by atoms with E-state index in [0.717, 1.165) is 35.1 Å². The Morgan fingerprint density at radius 1 is 0.915 bits per heavy atom. The van der Waals surface area contributed by atoms with Crippen LogP contribution in [0.25, 0.3) is 11.1 Å². The predicted molar refractivity (Wildman–Crippen MR) is 270 cm³/mol. The minimum atomic E-state index is -4.32. The number of carbonyl (C=O) groups is 1. The third kappa shape index (κ3) is 11.1. The van der Waals surface area contributed by atoms with Gasteiger partial charge in [-0.2, -0.15) is 4.31 Å². The number of likely N-dealkylation sites (N-methyl/N-ethyl adjacent to an activating group) is 1. The molecule has 0 spiro atoms. The average molecular weight is 985 g/mol. The first-order valence-corrected chi connectivity index (χ1v) is 25.4. The van der Waals surface area contributed by atoms with E-state index in [9.17, 15) is 33.5 Å². The molecule has 1 aliphatic heterocycles. The molecule has 1 amide bonds. The number of anilines is 1. The van der Waals surface area contributed by atoms with E-state index < -0.39 is 32.7 Å². The molecule has 0 bridgehead atoms. The number of aliphatic hydroxyl groups is 2. The smallest absolute Gasteiger partial charge is 0.269 e. The highest BCUT2D eigenvalue weighted by atomic mass is 32.2. The molecule has 5 aromatic carbocycles. The Balaban J connectivity index is 1.28. The van der Waals surface area contributed by atoms with Gasteiger partial charge in [0, 0.05) is 62.9 Å². The molecule has 71 heavy (non-hydrogen) atoms. The normalized spacial score (nSPS) is 21.8. The van der Waals surface area contributed by atoms with Crippen LogP contribution in [-0.2, 0) is 31.0 Å². The summed E-state index contributed by atoms with van der Waals surface area (Å²) < 4.78 is 52.1. The van der Waals surface area contributed by atoms with Gasteiger partial charge in [0.2, 0.25) is 21.7 Å². The van der Waals surface area contributed by atoms with Crippen molar-refractivity contribution in [2.75, 3.05) is 32.2 Å². The van der Waals surface area contributed by atoms with Crippen LogP contribution in [0.3, 0.4) is 0 Å². The van der Waals surface area contributed by atoms with Crippen LogP contribution >= 0.6 is 0 Å². The third-order valence-corrected chi connectivity index (χ3v) is 15.6. The van der Waals surface area contributed by atoms with Crippen LogP contribution in [0, 0.1) is 27.9 Å². The number of hydrogen-bond acceptors (Lipinski definition) is 12. The van der Waals surface area contributed by atoms with Crippen molar-refractivity contribution in [1.29, 1.82) is 0 Å². The molecule has 1 fully saturated rings. The highest BCUT2D eigenvalue weighted by molar-refractivity contribution is 7.89. The summed E-state index contributed by atoms with van der Waals surface area (Å²) in [6.45, 7) is 5.38. The predicted octanol–water partition coefficient (Wildman–Crippen LogP) is 10.2. The minimum absolute atomic E-state index is 0.0000326. The zero-order valence-electron chi connectivity index (χ0n) is 39.9. The Bertz CT molecular complexity index is 2840. The molecular formula is C55H60N4O11S. The van der Waals surface area contributed by atoms with Crippen molar-refractivity contribution in [3.8, 4) is 28.4 Å². The number of fused-ring (bicyclic) bond motifs is 2. The number of rotatable bonds is 22. The lowest BCUT2D eigenvalue weighted by molar-refractivity contribution is -0.384. The Hall–Kier alpha value is -6.69. The number of benzene rings is 5.